The van der Waals surface area contributed by atoms with E-state index < -0.39 is 0 Å². The monoisotopic (exact) mass is 454 g/mol. The molecule has 0 radical (unpaired) electrons. The number of hydrogen-bond donors (Lipinski definition) is 1. The van der Waals surface area contributed by atoms with E-state index in [-0.39, 0.29) is 5.91 Å². The molecule has 1 amide bonds. The Kier molecular flexibility index (Phi) is 6.44. The van der Waals surface area contributed by atoms with Crippen molar-refractivity contribution in [3.05, 3.63) is 41.3 Å². The largest absolute Gasteiger partial charge is 0.370 e. The van der Waals surface area contributed by atoms with Crippen molar-refractivity contribution in [2.75, 3.05) is 42.9 Å². The summed E-state index contributed by atoms with van der Waals surface area (Å²) < 4.78 is 0. The Morgan fingerprint density at radius 2 is 1.84 bits per heavy atom. The van der Waals surface area contributed by atoms with E-state index in [2.05, 4.69) is 25.2 Å². The number of nitrogens with zero attached hydrogens (tertiary/aromatic N) is 5. The van der Waals surface area contributed by atoms with Gasteiger partial charge in [0.25, 0.3) is 0 Å². The van der Waals surface area contributed by atoms with Gasteiger partial charge in [-0.1, -0.05) is 17.7 Å². The van der Waals surface area contributed by atoms with Gasteiger partial charge in [-0.25, -0.2) is 15.0 Å². The molecular formula is C24H31ClN6O. The fourth-order valence-corrected chi connectivity index (χ4v) is 5.15. The fourth-order valence-electron chi connectivity index (χ4n) is 5.05. The predicted octanol–water partition coefficient (Wildman–Crippen LogP) is 3.65. The molecule has 1 saturated carbocycles. The number of amides is 1. The van der Waals surface area contributed by atoms with E-state index >= 15 is 0 Å². The van der Waals surface area contributed by atoms with Gasteiger partial charge in [0, 0.05) is 38.9 Å². The molecule has 2 saturated heterocycles. The van der Waals surface area contributed by atoms with E-state index in [1.807, 2.05) is 23.2 Å². The number of anilines is 2. The van der Waals surface area contributed by atoms with E-state index in [4.69, 9.17) is 11.6 Å². The zero-order chi connectivity index (χ0) is 21.9. The van der Waals surface area contributed by atoms with Crippen molar-refractivity contribution >= 4 is 29.3 Å². The minimum atomic E-state index is 0.213. The second-order valence-electron chi connectivity index (χ2n) is 9.36. The van der Waals surface area contributed by atoms with Crippen LogP contribution < -0.4 is 10.2 Å². The summed E-state index contributed by atoms with van der Waals surface area (Å²) in [5, 5.41) is 4.04. The molecule has 1 aliphatic carbocycles. The summed E-state index contributed by atoms with van der Waals surface area (Å²) in [7, 11) is 0. The zero-order valence-corrected chi connectivity index (χ0v) is 19.2. The Morgan fingerprint density at radius 1 is 1.06 bits per heavy atom. The molecule has 0 aromatic carbocycles. The van der Waals surface area contributed by atoms with Crippen molar-refractivity contribution in [1.29, 1.82) is 0 Å². The first kappa shape index (κ1) is 21.4. The summed E-state index contributed by atoms with van der Waals surface area (Å²) >= 11 is 5.90. The smallest absolute Gasteiger partial charge is 0.227 e. The molecule has 32 heavy (non-hydrogen) atoms. The Bertz CT molecular complexity index is 909. The standard InChI is InChI=1S/C24H31ClN6O/c25-20-15-28-24(29-16-20)31-10-5-18(6-11-31)21-13-19(21)4-7-26-22-3-2-17(14-27-22)12-23(32)30-8-1-9-30/h2-3,14-16,18-19,21H,1,4-13H2,(H,26,27)/t19-,21-/m1/s1. The van der Waals surface area contributed by atoms with E-state index in [0.717, 1.165) is 74.2 Å². The lowest BCUT2D eigenvalue weighted by atomic mass is 9.90. The lowest BCUT2D eigenvalue weighted by molar-refractivity contribution is -0.133. The van der Waals surface area contributed by atoms with Crippen LogP contribution in [0, 0.1) is 17.8 Å². The van der Waals surface area contributed by atoms with Gasteiger partial charge >= 0.3 is 0 Å². The molecule has 3 aliphatic rings. The van der Waals surface area contributed by atoms with E-state index in [1.165, 1.54) is 25.7 Å². The van der Waals surface area contributed by atoms with Crippen LogP contribution in [-0.2, 0) is 11.2 Å². The van der Waals surface area contributed by atoms with E-state index in [9.17, 15) is 4.79 Å². The van der Waals surface area contributed by atoms with Crippen molar-refractivity contribution in [1.82, 2.24) is 19.9 Å². The molecule has 7 nitrogen and oxygen atoms in total. The molecule has 2 aromatic heterocycles. The Labute approximate surface area is 194 Å². The Balaban J connectivity index is 0.997. The predicted molar refractivity (Wildman–Crippen MR) is 126 cm³/mol. The summed E-state index contributed by atoms with van der Waals surface area (Å²) in [6, 6.07) is 4.02. The molecule has 1 N–H and O–H groups in total. The number of halogens is 1. The van der Waals surface area contributed by atoms with Gasteiger partial charge in [0.15, 0.2) is 0 Å². The number of likely N-dealkylation sites (tertiary alicyclic amines) is 1. The van der Waals surface area contributed by atoms with Gasteiger partial charge in [-0.2, -0.15) is 0 Å². The minimum absolute atomic E-state index is 0.213. The highest BCUT2D eigenvalue weighted by Gasteiger charge is 2.43. The SMILES string of the molecule is O=C(Cc1ccc(NCC[C@@H]2C[C@@H]2C2CCN(c3ncc(Cl)cn3)CC2)nc1)N1CCC1. The number of piperidine rings is 1. The molecular weight excluding hydrogens is 424 g/mol. The first-order valence-corrected chi connectivity index (χ1v) is 12.2. The first-order chi connectivity index (χ1) is 15.7. The number of nitrogens with one attached hydrogen (secondary N) is 1. The number of hydrogen-bond acceptors (Lipinski definition) is 6. The summed E-state index contributed by atoms with van der Waals surface area (Å²) in [5.74, 6) is 4.44. The highest BCUT2D eigenvalue weighted by atomic mass is 35.5. The van der Waals surface area contributed by atoms with Gasteiger partial charge in [0.05, 0.1) is 23.8 Å². The van der Waals surface area contributed by atoms with Gasteiger partial charge in [0.2, 0.25) is 11.9 Å². The molecule has 0 bridgehead atoms. The Hall–Kier alpha value is -2.41. The maximum absolute atomic E-state index is 12.1. The summed E-state index contributed by atoms with van der Waals surface area (Å²) in [5.41, 5.74) is 0.991. The highest BCUT2D eigenvalue weighted by molar-refractivity contribution is 6.30. The van der Waals surface area contributed by atoms with Gasteiger partial charge in [0.1, 0.15) is 5.82 Å². The number of rotatable bonds is 8. The molecule has 0 unspecified atom stereocenters. The molecule has 3 fully saturated rings. The highest BCUT2D eigenvalue weighted by Crippen LogP contribution is 2.49. The number of aromatic nitrogens is 3. The second kappa shape index (κ2) is 9.61. The van der Waals surface area contributed by atoms with Crippen LogP contribution in [-0.4, -0.2) is 58.5 Å². The van der Waals surface area contributed by atoms with Crippen LogP contribution in [0.5, 0.6) is 0 Å². The third-order valence-electron chi connectivity index (χ3n) is 7.22. The number of pyridine rings is 1. The van der Waals surface area contributed by atoms with Gasteiger partial charge in [-0.15, -0.1) is 0 Å². The van der Waals surface area contributed by atoms with Gasteiger partial charge in [-0.05, 0) is 61.5 Å². The molecule has 8 heteroatoms. The van der Waals surface area contributed by atoms with Crippen LogP contribution >= 0.6 is 11.6 Å². The average Bonchev–Trinajstić information content (AvgIpc) is 3.54. The van der Waals surface area contributed by atoms with Crippen LogP contribution in [0.2, 0.25) is 5.02 Å². The minimum Gasteiger partial charge on any atom is -0.370 e. The lowest BCUT2D eigenvalue weighted by Crippen LogP contribution is -2.42. The molecule has 2 aromatic rings. The maximum atomic E-state index is 12.1. The molecule has 2 atom stereocenters. The van der Waals surface area contributed by atoms with Crippen molar-refractivity contribution in [2.24, 2.45) is 17.8 Å². The van der Waals surface area contributed by atoms with Crippen molar-refractivity contribution in [3.8, 4) is 0 Å². The van der Waals surface area contributed by atoms with Gasteiger partial charge < -0.3 is 15.1 Å². The molecule has 4 heterocycles. The Morgan fingerprint density at radius 3 is 2.50 bits per heavy atom. The van der Waals surface area contributed by atoms with Crippen LogP contribution in [0.3, 0.4) is 0 Å². The first-order valence-electron chi connectivity index (χ1n) is 11.8. The van der Waals surface area contributed by atoms with Crippen LogP contribution in [0.25, 0.3) is 0 Å². The number of carbonyl (C=O) groups is 1. The third-order valence-corrected chi connectivity index (χ3v) is 7.42. The zero-order valence-electron chi connectivity index (χ0n) is 18.4. The molecule has 0 spiro atoms. The lowest BCUT2D eigenvalue weighted by Gasteiger charge is -2.32. The van der Waals surface area contributed by atoms with Crippen LogP contribution in [0.4, 0.5) is 11.8 Å². The quantitative estimate of drug-likeness (QED) is 0.656. The van der Waals surface area contributed by atoms with E-state index in [0.29, 0.717) is 11.4 Å². The van der Waals surface area contributed by atoms with Crippen molar-refractivity contribution in [3.63, 3.8) is 0 Å². The van der Waals surface area contributed by atoms with Gasteiger partial charge in [-0.3, -0.25) is 4.79 Å². The van der Waals surface area contributed by atoms with Crippen LogP contribution in [0.15, 0.2) is 30.7 Å². The average molecular weight is 455 g/mol. The second-order valence-corrected chi connectivity index (χ2v) is 9.80. The summed E-state index contributed by atoms with van der Waals surface area (Å²) in [6.07, 6.45) is 11.8. The fraction of sp³-hybridized carbons (Fsp3) is 0.583. The van der Waals surface area contributed by atoms with Crippen LogP contribution in [0.1, 0.15) is 37.7 Å². The van der Waals surface area contributed by atoms with E-state index in [1.54, 1.807) is 12.4 Å². The molecule has 170 valence electrons. The maximum Gasteiger partial charge on any atom is 0.227 e. The number of carbonyl (C=O) groups excluding carboxylic acids is 1. The van der Waals surface area contributed by atoms with Crippen molar-refractivity contribution in [2.45, 2.75) is 38.5 Å². The molecule has 2 aliphatic heterocycles. The normalized spacial score (nSPS) is 23.0. The summed E-state index contributed by atoms with van der Waals surface area (Å²) in [4.78, 5) is 29.5. The van der Waals surface area contributed by atoms with Crippen molar-refractivity contribution < 1.29 is 4.79 Å². The summed E-state index contributed by atoms with van der Waals surface area (Å²) in [6.45, 7) is 4.83. The third kappa shape index (κ3) is 5.14. The molecule has 5 rings (SSSR count). The topological polar surface area (TPSA) is 74.2 Å².